The van der Waals surface area contributed by atoms with Crippen LogP contribution in [0.3, 0.4) is 0 Å². The van der Waals surface area contributed by atoms with Crippen molar-refractivity contribution in [3.8, 4) is 0 Å². The lowest BCUT2D eigenvalue weighted by molar-refractivity contribution is -0.384. The largest absolute Gasteiger partial charge is 0.330 e. The van der Waals surface area contributed by atoms with Gasteiger partial charge in [0, 0.05) is 18.6 Å². The number of benzene rings is 1. The van der Waals surface area contributed by atoms with Crippen molar-refractivity contribution < 1.29 is 14.1 Å². The zero-order valence-corrected chi connectivity index (χ0v) is 10.9. The first-order chi connectivity index (χ1) is 8.93. The molecule has 6 nitrogen and oxygen atoms in total. The molecule has 0 heterocycles. The van der Waals surface area contributed by atoms with E-state index in [0.717, 1.165) is 18.2 Å². The van der Waals surface area contributed by atoms with Gasteiger partial charge in [-0.3, -0.25) is 14.9 Å². The van der Waals surface area contributed by atoms with Crippen molar-refractivity contribution in [3.05, 3.63) is 34.1 Å². The summed E-state index contributed by atoms with van der Waals surface area (Å²) in [5.41, 5.74) is -0.428. The molecule has 0 aliphatic heterocycles. The van der Waals surface area contributed by atoms with Crippen molar-refractivity contribution in [3.63, 3.8) is 0 Å². The second-order valence-electron chi connectivity index (χ2n) is 3.67. The van der Waals surface area contributed by atoms with Gasteiger partial charge in [-0.15, -0.1) is 0 Å². The number of nitro benzene ring substituents is 1. The zero-order valence-electron chi connectivity index (χ0n) is 10.1. The van der Waals surface area contributed by atoms with Crippen molar-refractivity contribution in [2.75, 3.05) is 5.32 Å². The molecule has 0 saturated carbocycles. The summed E-state index contributed by atoms with van der Waals surface area (Å²) in [5, 5.41) is 15.2. The molecule has 8 heteroatoms. The summed E-state index contributed by atoms with van der Waals surface area (Å²) >= 11 is 4.82. The van der Waals surface area contributed by atoms with Crippen LogP contribution >= 0.6 is 12.2 Å². The Hall–Kier alpha value is -2.09. The van der Waals surface area contributed by atoms with Crippen LogP contribution in [0.2, 0.25) is 0 Å². The molecule has 19 heavy (non-hydrogen) atoms. The molecule has 0 fully saturated rings. The average molecular weight is 285 g/mol. The summed E-state index contributed by atoms with van der Waals surface area (Å²) in [6.45, 7) is 1.83. The lowest BCUT2D eigenvalue weighted by Gasteiger charge is -2.09. The summed E-state index contributed by atoms with van der Waals surface area (Å²) in [6.07, 6.45) is 0.943. The highest BCUT2D eigenvalue weighted by Gasteiger charge is 2.12. The standard InChI is InChI=1S/C11H12FN3O3S/c1-2-3-10(16)14-11(19)13-9-6-7(15(17)18)4-5-8(9)12/h4-6H,2-3H2,1H3,(H2,13,14,16,19). The van der Waals surface area contributed by atoms with E-state index in [1.807, 2.05) is 6.92 Å². The minimum Gasteiger partial charge on any atom is -0.330 e. The number of nitrogens with zero attached hydrogens (tertiary/aromatic N) is 1. The Balaban J connectivity index is 2.76. The van der Waals surface area contributed by atoms with Crippen molar-refractivity contribution in [2.24, 2.45) is 0 Å². The number of carbonyl (C=O) groups is 1. The molecule has 0 aliphatic carbocycles. The van der Waals surface area contributed by atoms with E-state index < -0.39 is 10.7 Å². The van der Waals surface area contributed by atoms with E-state index in [2.05, 4.69) is 10.6 Å². The molecule has 1 aromatic carbocycles. The van der Waals surface area contributed by atoms with Gasteiger partial charge in [-0.25, -0.2) is 4.39 Å². The van der Waals surface area contributed by atoms with Gasteiger partial charge in [0.05, 0.1) is 10.6 Å². The maximum atomic E-state index is 13.4. The molecule has 1 aromatic rings. The molecule has 2 N–H and O–H groups in total. The third-order valence-electron chi connectivity index (χ3n) is 2.14. The molecule has 0 saturated heterocycles. The molecule has 1 rings (SSSR count). The fourth-order valence-corrected chi connectivity index (χ4v) is 1.52. The summed E-state index contributed by atoms with van der Waals surface area (Å²) in [5.74, 6) is -0.997. The molecule has 0 atom stereocenters. The number of rotatable bonds is 4. The third kappa shape index (κ3) is 4.59. The van der Waals surface area contributed by atoms with Crippen LogP contribution in [-0.2, 0) is 4.79 Å². The predicted octanol–water partition coefficient (Wildman–Crippen LogP) is 2.35. The number of carbonyl (C=O) groups excluding carboxylic acids is 1. The van der Waals surface area contributed by atoms with Gasteiger partial charge in [-0.1, -0.05) is 6.92 Å². The van der Waals surface area contributed by atoms with E-state index in [4.69, 9.17) is 12.2 Å². The molecule has 0 radical (unpaired) electrons. The van der Waals surface area contributed by atoms with Crippen molar-refractivity contribution in [1.29, 1.82) is 0 Å². The monoisotopic (exact) mass is 285 g/mol. The molecule has 0 aliphatic rings. The smallest absolute Gasteiger partial charge is 0.271 e. The normalized spacial score (nSPS) is 9.79. The molecular weight excluding hydrogens is 273 g/mol. The van der Waals surface area contributed by atoms with Gasteiger partial charge in [0.1, 0.15) is 5.82 Å². The molecule has 102 valence electrons. The maximum Gasteiger partial charge on any atom is 0.271 e. The van der Waals surface area contributed by atoms with E-state index in [1.54, 1.807) is 0 Å². The molecule has 0 bridgehead atoms. The SMILES string of the molecule is CCCC(=O)NC(=S)Nc1cc([N+](=O)[O-])ccc1F. The first-order valence-corrected chi connectivity index (χ1v) is 5.89. The Morgan fingerprint density at radius 2 is 2.21 bits per heavy atom. The maximum absolute atomic E-state index is 13.4. The zero-order chi connectivity index (χ0) is 14.4. The van der Waals surface area contributed by atoms with Gasteiger partial charge in [-0.2, -0.15) is 0 Å². The van der Waals surface area contributed by atoms with Gasteiger partial charge in [0.2, 0.25) is 5.91 Å². The van der Waals surface area contributed by atoms with Crippen LogP contribution in [0.15, 0.2) is 18.2 Å². The second kappa shape index (κ2) is 6.74. The van der Waals surface area contributed by atoms with E-state index >= 15 is 0 Å². The topological polar surface area (TPSA) is 84.3 Å². The summed E-state index contributed by atoms with van der Waals surface area (Å²) in [6, 6.07) is 3.00. The van der Waals surface area contributed by atoms with Gasteiger partial charge in [0.15, 0.2) is 5.11 Å². The minimum atomic E-state index is -0.697. The van der Waals surface area contributed by atoms with Crippen LogP contribution in [0.5, 0.6) is 0 Å². The number of nitrogens with one attached hydrogen (secondary N) is 2. The van der Waals surface area contributed by atoms with Crippen molar-refractivity contribution >= 4 is 34.6 Å². The number of non-ortho nitro benzene ring substituents is 1. The summed E-state index contributed by atoms with van der Waals surface area (Å²) < 4.78 is 13.4. The van der Waals surface area contributed by atoms with Crippen LogP contribution in [0.25, 0.3) is 0 Å². The fourth-order valence-electron chi connectivity index (χ4n) is 1.29. The molecular formula is C11H12FN3O3S. The van der Waals surface area contributed by atoms with Crippen LogP contribution < -0.4 is 10.6 Å². The quantitative estimate of drug-likeness (QED) is 0.504. The predicted molar refractivity (Wildman–Crippen MR) is 72.3 cm³/mol. The highest BCUT2D eigenvalue weighted by molar-refractivity contribution is 7.80. The Kier molecular flexibility index (Phi) is 5.31. The van der Waals surface area contributed by atoms with Gasteiger partial charge in [0.25, 0.3) is 5.69 Å². The molecule has 1 amide bonds. The van der Waals surface area contributed by atoms with Gasteiger partial charge < -0.3 is 10.6 Å². The first kappa shape index (κ1) is 15.0. The number of halogens is 1. The first-order valence-electron chi connectivity index (χ1n) is 5.48. The lowest BCUT2D eigenvalue weighted by atomic mass is 10.2. The van der Waals surface area contributed by atoms with Crippen molar-refractivity contribution in [1.82, 2.24) is 5.32 Å². The molecule has 0 unspecified atom stereocenters. The Bertz CT molecular complexity index is 522. The van der Waals surface area contributed by atoms with Crippen LogP contribution in [0.1, 0.15) is 19.8 Å². The van der Waals surface area contributed by atoms with Crippen molar-refractivity contribution in [2.45, 2.75) is 19.8 Å². The van der Waals surface area contributed by atoms with E-state index in [9.17, 15) is 19.3 Å². The van der Waals surface area contributed by atoms with Crippen LogP contribution in [0.4, 0.5) is 15.8 Å². The Labute approximate surface area is 114 Å². The molecule has 0 aromatic heterocycles. The van der Waals surface area contributed by atoms with E-state index in [1.165, 1.54) is 0 Å². The number of thiocarbonyl (C=S) groups is 1. The van der Waals surface area contributed by atoms with E-state index in [-0.39, 0.29) is 22.4 Å². The third-order valence-corrected chi connectivity index (χ3v) is 2.34. The fraction of sp³-hybridized carbons (Fsp3) is 0.273. The molecule has 0 spiro atoms. The van der Waals surface area contributed by atoms with E-state index in [0.29, 0.717) is 12.8 Å². The van der Waals surface area contributed by atoms with Gasteiger partial charge >= 0.3 is 0 Å². The number of anilines is 1. The number of hydrogen-bond acceptors (Lipinski definition) is 4. The highest BCUT2D eigenvalue weighted by Crippen LogP contribution is 2.21. The summed E-state index contributed by atoms with van der Waals surface area (Å²) in [7, 11) is 0. The summed E-state index contributed by atoms with van der Waals surface area (Å²) in [4.78, 5) is 21.2. The minimum absolute atomic E-state index is 0.0992. The van der Waals surface area contributed by atoms with Gasteiger partial charge in [-0.05, 0) is 24.7 Å². The second-order valence-corrected chi connectivity index (χ2v) is 4.08. The Morgan fingerprint density at radius 1 is 1.53 bits per heavy atom. The average Bonchev–Trinajstić information content (AvgIpc) is 2.31. The Morgan fingerprint density at radius 3 is 2.79 bits per heavy atom. The number of amides is 1. The van der Waals surface area contributed by atoms with Crippen LogP contribution in [0, 0.1) is 15.9 Å². The number of hydrogen-bond donors (Lipinski definition) is 2. The van der Waals surface area contributed by atoms with Crippen LogP contribution in [-0.4, -0.2) is 15.9 Å². The highest BCUT2D eigenvalue weighted by atomic mass is 32.1. The lowest BCUT2D eigenvalue weighted by Crippen LogP contribution is -2.34. The number of nitro groups is 1.